The van der Waals surface area contributed by atoms with E-state index in [0.29, 0.717) is 11.5 Å². The van der Waals surface area contributed by atoms with Gasteiger partial charge in [-0.05, 0) is 17.7 Å². The van der Waals surface area contributed by atoms with Crippen molar-refractivity contribution in [1.29, 1.82) is 0 Å². The van der Waals surface area contributed by atoms with E-state index in [1.807, 2.05) is 0 Å². The first-order valence-corrected chi connectivity index (χ1v) is 6.14. The van der Waals surface area contributed by atoms with Gasteiger partial charge in [-0.25, -0.2) is 4.39 Å². The fraction of sp³-hybridized carbons (Fsp3) is 0.231. The first-order chi connectivity index (χ1) is 10.0. The molecule has 0 radical (unpaired) electrons. The molecule has 0 spiro atoms. The van der Waals surface area contributed by atoms with Gasteiger partial charge in [-0.2, -0.15) is 0 Å². The smallest absolute Gasteiger partial charge is 0.309 e. The summed E-state index contributed by atoms with van der Waals surface area (Å²) in [6.07, 6.45) is 0. The molecule has 7 nitrogen and oxygen atoms in total. The van der Waals surface area contributed by atoms with Crippen LogP contribution < -0.4 is 10.6 Å². The summed E-state index contributed by atoms with van der Waals surface area (Å²) in [6.45, 7) is 1.73. The summed E-state index contributed by atoms with van der Waals surface area (Å²) < 4.78 is 17.8. The SMILES string of the molecule is Cc1nnc(CNC(=O)C(=O)NCc2ccc(F)cc2)o1. The molecule has 2 amide bonds. The fourth-order valence-corrected chi connectivity index (χ4v) is 1.51. The summed E-state index contributed by atoms with van der Waals surface area (Å²) in [5.41, 5.74) is 0.685. The lowest BCUT2D eigenvalue weighted by atomic mass is 10.2. The van der Waals surface area contributed by atoms with Crippen molar-refractivity contribution >= 4 is 11.8 Å². The maximum absolute atomic E-state index is 12.7. The minimum atomic E-state index is -0.812. The number of hydrogen-bond acceptors (Lipinski definition) is 5. The number of halogens is 1. The van der Waals surface area contributed by atoms with E-state index < -0.39 is 11.8 Å². The molecular weight excluding hydrogens is 279 g/mol. The van der Waals surface area contributed by atoms with Crippen LogP contribution in [0, 0.1) is 12.7 Å². The van der Waals surface area contributed by atoms with Crippen LogP contribution in [0.5, 0.6) is 0 Å². The van der Waals surface area contributed by atoms with Gasteiger partial charge in [0, 0.05) is 13.5 Å². The highest BCUT2D eigenvalue weighted by atomic mass is 19.1. The first kappa shape index (κ1) is 14.6. The van der Waals surface area contributed by atoms with Crippen molar-refractivity contribution in [2.75, 3.05) is 0 Å². The molecule has 0 unspecified atom stereocenters. The minimum absolute atomic E-state index is 0.0242. The van der Waals surface area contributed by atoms with Crippen molar-refractivity contribution in [2.24, 2.45) is 0 Å². The van der Waals surface area contributed by atoms with Crippen LogP contribution in [-0.2, 0) is 22.7 Å². The lowest BCUT2D eigenvalue weighted by molar-refractivity contribution is -0.139. The van der Waals surface area contributed by atoms with Crippen molar-refractivity contribution in [3.05, 3.63) is 47.4 Å². The third-order valence-electron chi connectivity index (χ3n) is 2.54. The molecule has 1 aromatic heterocycles. The molecule has 2 N–H and O–H groups in total. The Kier molecular flexibility index (Phi) is 4.60. The molecule has 2 aromatic rings. The van der Waals surface area contributed by atoms with Gasteiger partial charge in [0.25, 0.3) is 0 Å². The van der Waals surface area contributed by atoms with Crippen molar-refractivity contribution in [3.8, 4) is 0 Å². The summed E-state index contributed by atoms with van der Waals surface area (Å²) in [7, 11) is 0. The van der Waals surface area contributed by atoms with E-state index in [4.69, 9.17) is 4.42 Å². The van der Waals surface area contributed by atoms with Gasteiger partial charge in [-0.3, -0.25) is 9.59 Å². The van der Waals surface area contributed by atoms with E-state index in [9.17, 15) is 14.0 Å². The number of nitrogens with one attached hydrogen (secondary N) is 2. The van der Waals surface area contributed by atoms with Gasteiger partial charge in [0.05, 0.1) is 6.54 Å². The molecule has 1 aromatic carbocycles. The lowest BCUT2D eigenvalue weighted by Crippen LogP contribution is -2.39. The molecule has 0 saturated heterocycles. The standard InChI is InChI=1S/C13H13FN4O3/c1-8-17-18-11(21-8)7-16-13(20)12(19)15-6-9-2-4-10(14)5-3-9/h2-5H,6-7H2,1H3,(H,15,19)(H,16,20). The van der Waals surface area contributed by atoms with Crippen molar-refractivity contribution < 1.29 is 18.4 Å². The van der Waals surface area contributed by atoms with Crippen molar-refractivity contribution in [3.63, 3.8) is 0 Å². The Balaban J connectivity index is 1.77. The molecule has 0 fully saturated rings. The normalized spacial score (nSPS) is 10.2. The van der Waals surface area contributed by atoms with Gasteiger partial charge in [0.15, 0.2) is 0 Å². The molecule has 2 rings (SSSR count). The number of nitrogens with zero attached hydrogens (tertiary/aromatic N) is 2. The van der Waals surface area contributed by atoms with E-state index in [1.165, 1.54) is 24.3 Å². The summed E-state index contributed by atoms with van der Waals surface area (Å²) >= 11 is 0. The zero-order valence-corrected chi connectivity index (χ0v) is 11.2. The number of aryl methyl sites for hydroxylation is 1. The molecular formula is C13H13FN4O3. The van der Waals surface area contributed by atoms with Gasteiger partial charge in [-0.1, -0.05) is 12.1 Å². The fourth-order valence-electron chi connectivity index (χ4n) is 1.51. The maximum Gasteiger partial charge on any atom is 0.309 e. The van der Waals surface area contributed by atoms with Crippen LogP contribution in [0.2, 0.25) is 0 Å². The second-order valence-electron chi connectivity index (χ2n) is 4.21. The zero-order chi connectivity index (χ0) is 15.2. The van der Waals surface area contributed by atoms with Crippen LogP contribution in [0.15, 0.2) is 28.7 Å². The van der Waals surface area contributed by atoms with Gasteiger partial charge >= 0.3 is 11.8 Å². The lowest BCUT2D eigenvalue weighted by Gasteiger charge is -2.05. The zero-order valence-electron chi connectivity index (χ0n) is 11.2. The van der Waals surface area contributed by atoms with Gasteiger partial charge in [0.1, 0.15) is 5.82 Å². The molecule has 110 valence electrons. The Labute approximate surface area is 119 Å². The highest BCUT2D eigenvalue weighted by molar-refractivity contribution is 6.35. The van der Waals surface area contributed by atoms with Crippen LogP contribution in [-0.4, -0.2) is 22.0 Å². The molecule has 0 atom stereocenters. The quantitative estimate of drug-likeness (QED) is 0.797. The highest BCUT2D eigenvalue weighted by Gasteiger charge is 2.14. The second-order valence-corrected chi connectivity index (χ2v) is 4.21. The van der Waals surface area contributed by atoms with E-state index in [0.717, 1.165) is 0 Å². The van der Waals surface area contributed by atoms with Crippen LogP contribution >= 0.6 is 0 Å². The minimum Gasteiger partial charge on any atom is -0.424 e. The average molecular weight is 292 g/mol. The number of amides is 2. The Morgan fingerprint density at radius 3 is 2.29 bits per heavy atom. The second kappa shape index (κ2) is 6.60. The molecule has 21 heavy (non-hydrogen) atoms. The topological polar surface area (TPSA) is 97.1 Å². The largest absolute Gasteiger partial charge is 0.424 e. The molecule has 0 aliphatic rings. The van der Waals surface area contributed by atoms with E-state index in [2.05, 4.69) is 20.8 Å². The predicted octanol–water partition coefficient (Wildman–Crippen LogP) is 0.450. The number of carbonyl (C=O) groups is 2. The Bertz CT molecular complexity index is 639. The van der Waals surface area contributed by atoms with Gasteiger partial charge in [-0.15, -0.1) is 10.2 Å². The van der Waals surface area contributed by atoms with Gasteiger partial charge in [0.2, 0.25) is 11.8 Å². The number of carbonyl (C=O) groups excluding carboxylic acids is 2. The summed E-state index contributed by atoms with van der Waals surface area (Å²) in [5, 5.41) is 12.0. The number of hydrogen-bond donors (Lipinski definition) is 2. The molecule has 0 saturated carbocycles. The molecule has 1 heterocycles. The third kappa shape index (κ3) is 4.37. The molecule has 0 bridgehead atoms. The summed E-state index contributed by atoms with van der Waals surface area (Å²) in [5.74, 6) is -1.38. The molecule has 8 heteroatoms. The van der Waals surface area contributed by atoms with E-state index in [1.54, 1.807) is 6.92 Å². The third-order valence-corrected chi connectivity index (χ3v) is 2.54. The summed E-state index contributed by atoms with van der Waals surface area (Å²) in [6, 6.07) is 5.60. The predicted molar refractivity (Wildman–Crippen MR) is 69.1 cm³/mol. The maximum atomic E-state index is 12.7. The number of aromatic nitrogens is 2. The van der Waals surface area contributed by atoms with Crippen molar-refractivity contribution in [1.82, 2.24) is 20.8 Å². The van der Waals surface area contributed by atoms with Gasteiger partial charge < -0.3 is 15.1 Å². The van der Waals surface area contributed by atoms with Crippen LogP contribution in [0.1, 0.15) is 17.3 Å². The van der Waals surface area contributed by atoms with Crippen LogP contribution in [0.25, 0.3) is 0 Å². The Morgan fingerprint density at radius 1 is 1.10 bits per heavy atom. The van der Waals surface area contributed by atoms with Crippen LogP contribution in [0.4, 0.5) is 4.39 Å². The van der Waals surface area contributed by atoms with E-state index in [-0.39, 0.29) is 24.8 Å². The number of rotatable bonds is 4. The highest BCUT2D eigenvalue weighted by Crippen LogP contribution is 2.02. The molecule has 0 aliphatic heterocycles. The molecule has 0 aliphatic carbocycles. The Morgan fingerprint density at radius 2 is 1.71 bits per heavy atom. The average Bonchev–Trinajstić information content (AvgIpc) is 2.89. The van der Waals surface area contributed by atoms with Crippen LogP contribution in [0.3, 0.4) is 0 Å². The van der Waals surface area contributed by atoms with E-state index >= 15 is 0 Å². The summed E-state index contributed by atoms with van der Waals surface area (Å²) in [4.78, 5) is 23.1. The number of benzene rings is 1. The first-order valence-electron chi connectivity index (χ1n) is 6.14. The Hall–Kier alpha value is -2.77. The monoisotopic (exact) mass is 292 g/mol. The van der Waals surface area contributed by atoms with Crippen molar-refractivity contribution in [2.45, 2.75) is 20.0 Å².